The molecule has 1 aromatic rings. The van der Waals surface area contributed by atoms with Crippen LogP contribution in [0, 0.1) is 0 Å². The van der Waals surface area contributed by atoms with Crippen molar-refractivity contribution in [1.82, 2.24) is 0 Å². The molecule has 0 saturated heterocycles. The highest BCUT2D eigenvalue weighted by Crippen LogP contribution is 2.01. The van der Waals surface area contributed by atoms with Crippen LogP contribution in [-0.4, -0.2) is 15.7 Å². The molecule has 0 bridgehead atoms. The second kappa shape index (κ2) is 6.15. The third kappa shape index (κ3) is 4.05. The molecule has 0 amide bonds. The maximum absolute atomic E-state index is 11.0. The highest BCUT2D eigenvalue weighted by Gasteiger charge is 1.95. The number of hydrogen-bond donors (Lipinski definition) is 0. The predicted molar refractivity (Wildman–Crippen MR) is 60.6 cm³/mol. The summed E-state index contributed by atoms with van der Waals surface area (Å²) < 4.78 is 4.93. The van der Waals surface area contributed by atoms with Crippen molar-refractivity contribution in [1.29, 1.82) is 0 Å². The summed E-state index contributed by atoms with van der Waals surface area (Å²) in [4.78, 5) is 11.0. The standard InChI is InChI=1S/C11H14O2Si/c1-14-13-11(12)9-5-8-10-6-3-2-4-7-10/h2-8H,9,14H2,1H3. The lowest BCUT2D eigenvalue weighted by Crippen LogP contribution is -2.03. The van der Waals surface area contributed by atoms with Gasteiger partial charge in [0.15, 0.2) is 0 Å². The van der Waals surface area contributed by atoms with Crippen molar-refractivity contribution >= 4 is 21.8 Å². The fourth-order valence-corrected chi connectivity index (χ4v) is 1.52. The minimum absolute atomic E-state index is 0.119. The van der Waals surface area contributed by atoms with Crippen LogP contribution in [0.5, 0.6) is 0 Å². The van der Waals surface area contributed by atoms with Gasteiger partial charge < -0.3 is 4.43 Å². The van der Waals surface area contributed by atoms with E-state index in [0.717, 1.165) is 5.56 Å². The van der Waals surface area contributed by atoms with Gasteiger partial charge in [-0.15, -0.1) is 0 Å². The van der Waals surface area contributed by atoms with Crippen molar-refractivity contribution in [2.75, 3.05) is 0 Å². The van der Waals surface area contributed by atoms with Crippen LogP contribution >= 0.6 is 0 Å². The molecular weight excluding hydrogens is 192 g/mol. The zero-order valence-electron chi connectivity index (χ0n) is 8.27. The van der Waals surface area contributed by atoms with Gasteiger partial charge in [-0.2, -0.15) is 0 Å². The molecule has 2 nitrogen and oxygen atoms in total. The van der Waals surface area contributed by atoms with E-state index >= 15 is 0 Å². The number of rotatable bonds is 4. The van der Waals surface area contributed by atoms with Gasteiger partial charge in [0.05, 0.1) is 6.42 Å². The Kier molecular flexibility index (Phi) is 4.71. The third-order valence-corrected chi connectivity index (χ3v) is 2.31. The zero-order valence-corrected chi connectivity index (χ0v) is 9.69. The van der Waals surface area contributed by atoms with E-state index in [2.05, 4.69) is 0 Å². The lowest BCUT2D eigenvalue weighted by Gasteiger charge is -1.97. The summed E-state index contributed by atoms with van der Waals surface area (Å²) in [5, 5.41) is 0. The maximum atomic E-state index is 11.0. The second-order valence-corrected chi connectivity index (χ2v) is 3.69. The molecular formula is C11H14O2Si. The smallest absolute Gasteiger partial charge is 0.295 e. The van der Waals surface area contributed by atoms with E-state index in [1.807, 2.05) is 49.0 Å². The van der Waals surface area contributed by atoms with Gasteiger partial charge >= 0.3 is 0 Å². The third-order valence-electron chi connectivity index (χ3n) is 1.70. The van der Waals surface area contributed by atoms with Crippen molar-refractivity contribution in [3.05, 3.63) is 42.0 Å². The molecule has 0 radical (unpaired) electrons. The average Bonchev–Trinajstić information content (AvgIpc) is 2.20. The Morgan fingerprint density at radius 1 is 1.43 bits per heavy atom. The molecule has 0 saturated carbocycles. The van der Waals surface area contributed by atoms with Crippen LogP contribution in [0.4, 0.5) is 0 Å². The fraction of sp³-hybridized carbons (Fsp3) is 0.182. The molecule has 0 N–H and O–H groups in total. The van der Waals surface area contributed by atoms with Crippen LogP contribution in [0.1, 0.15) is 12.0 Å². The topological polar surface area (TPSA) is 26.3 Å². The van der Waals surface area contributed by atoms with Crippen molar-refractivity contribution in [3.63, 3.8) is 0 Å². The molecule has 0 spiro atoms. The largest absolute Gasteiger partial charge is 0.525 e. The average molecular weight is 206 g/mol. The molecule has 1 rings (SSSR count). The van der Waals surface area contributed by atoms with E-state index in [1.165, 1.54) is 0 Å². The Hall–Kier alpha value is -1.35. The van der Waals surface area contributed by atoms with Gasteiger partial charge in [-0.05, 0) is 12.1 Å². The van der Waals surface area contributed by atoms with Crippen LogP contribution in [0.15, 0.2) is 36.4 Å². The number of carbonyl (C=O) groups excluding carboxylic acids is 1. The van der Waals surface area contributed by atoms with E-state index in [9.17, 15) is 4.79 Å². The lowest BCUT2D eigenvalue weighted by molar-refractivity contribution is -0.133. The molecule has 0 unspecified atom stereocenters. The van der Waals surface area contributed by atoms with Gasteiger partial charge in [0.2, 0.25) is 9.76 Å². The van der Waals surface area contributed by atoms with E-state index in [4.69, 9.17) is 4.43 Å². The first kappa shape index (κ1) is 10.7. The van der Waals surface area contributed by atoms with Crippen LogP contribution in [0.2, 0.25) is 6.55 Å². The Morgan fingerprint density at radius 3 is 2.79 bits per heavy atom. The van der Waals surface area contributed by atoms with Crippen molar-refractivity contribution in [2.24, 2.45) is 0 Å². The minimum atomic E-state index is -0.608. The summed E-state index contributed by atoms with van der Waals surface area (Å²) in [5.41, 5.74) is 1.11. The van der Waals surface area contributed by atoms with Crippen molar-refractivity contribution in [2.45, 2.75) is 13.0 Å². The van der Waals surface area contributed by atoms with Crippen molar-refractivity contribution < 1.29 is 9.22 Å². The summed E-state index contributed by atoms with van der Waals surface area (Å²) in [7, 11) is -0.608. The van der Waals surface area contributed by atoms with Gasteiger partial charge in [0.1, 0.15) is 0 Å². The Balaban J connectivity index is 2.38. The summed E-state index contributed by atoms with van der Waals surface area (Å²) >= 11 is 0. The molecule has 0 aliphatic rings. The van der Waals surface area contributed by atoms with E-state index < -0.39 is 9.76 Å². The zero-order chi connectivity index (χ0) is 10.2. The van der Waals surface area contributed by atoms with Gasteiger partial charge in [-0.1, -0.05) is 42.5 Å². The highest BCUT2D eigenvalue weighted by molar-refractivity contribution is 6.28. The normalized spacial score (nSPS) is 11.2. The van der Waals surface area contributed by atoms with E-state index in [0.29, 0.717) is 6.42 Å². The van der Waals surface area contributed by atoms with Crippen LogP contribution in [-0.2, 0) is 9.22 Å². The molecule has 0 atom stereocenters. The number of hydrogen-bond acceptors (Lipinski definition) is 2. The highest BCUT2D eigenvalue weighted by atomic mass is 28.2. The predicted octanol–water partition coefficient (Wildman–Crippen LogP) is 1.76. The minimum Gasteiger partial charge on any atom is -0.525 e. The van der Waals surface area contributed by atoms with E-state index in [1.54, 1.807) is 0 Å². The number of carbonyl (C=O) groups is 1. The molecule has 0 aliphatic carbocycles. The van der Waals surface area contributed by atoms with Crippen LogP contribution in [0.25, 0.3) is 6.08 Å². The Morgan fingerprint density at radius 2 is 2.14 bits per heavy atom. The first-order chi connectivity index (χ1) is 6.83. The summed E-state index contributed by atoms with van der Waals surface area (Å²) in [6.07, 6.45) is 4.13. The Bertz CT molecular complexity index is 306. The van der Waals surface area contributed by atoms with Gasteiger partial charge in [-0.25, -0.2) is 0 Å². The lowest BCUT2D eigenvalue weighted by atomic mass is 10.2. The molecule has 74 valence electrons. The SMILES string of the molecule is C[SiH2]OC(=O)CC=Cc1ccccc1. The Labute approximate surface area is 86.5 Å². The maximum Gasteiger partial charge on any atom is 0.295 e. The van der Waals surface area contributed by atoms with Crippen molar-refractivity contribution in [3.8, 4) is 0 Å². The molecule has 0 heterocycles. The van der Waals surface area contributed by atoms with Crippen LogP contribution in [0.3, 0.4) is 0 Å². The van der Waals surface area contributed by atoms with Gasteiger partial charge in [0, 0.05) is 0 Å². The summed E-state index contributed by atoms with van der Waals surface area (Å²) in [5.74, 6) is -0.119. The molecule has 14 heavy (non-hydrogen) atoms. The number of benzene rings is 1. The van der Waals surface area contributed by atoms with Crippen LogP contribution < -0.4 is 0 Å². The van der Waals surface area contributed by atoms with Gasteiger partial charge in [0.25, 0.3) is 5.97 Å². The first-order valence-electron chi connectivity index (χ1n) is 4.70. The quantitative estimate of drug-likeness (QED) is 0.702. The molecule has 0 aromatic heterocycles. The van der Waals surface area contributed by atoms with E-state index in [-0.39, 0.29) is 5.97 Å². The first-order valence-corrected chi connectivity index (χ1v) is 6.69. The monoisotopic (exact) mass is 206 g/mol. The second-order valence-electron chi connectivity index (χ2n) is 2.82. The summed E-state index contributed by atoms with van der Waals surface area (Å²) in [6, 6.07) is 9.90. The molecule has 1 aromatic carbocycles. The molecule has 0 fully saturated rings. The van der Waals surface area contributed by atoms with Gasteiger partial charge in [-0.3, -0.25) is 4.79 Å². The summed E-state index contributed by atoms with van der Waals surface area (Å²) in [6.45, 7) is 1.94. The molecule has 0 aliphatic heterocycles. The molecule has 3 heteroatoms. The fourth-order valence-electron chi connectivity index (χ4n) is 1.08.